The van der Waals surface area contributed by atoms with Gasteiger partial charge in [0.15, 0.2) is 0 Å². The number of aromatic nitrogens is 2. The van der Waals surface area contributed by atoms with Gasteiger partial charge in [-0.25, -0.2) is 9.48 Å². The number of nitrogens with zero attached hydrogens (tertiary/aromatic N) is 3. The van der Waals surface area contributed by atoms with Crippen LogP contribution in [-0.4, -0.2) is 39.7 Å². The first-order valence-corrected chi connectivity index (χ1v) is 12.4. The summed E-state index contributed by atoms with van der Waals surface area (Å²) in [6.45, 7) is 9.36. The van der Waals surface area contributed by atoms with Crippen molar-refractivity contribution in [2.24, 2.45) is 5.92 Å². The lowest BCUT2D eigenvalue weighted by Gasteiger charge is -2.25. The lowest BCUT2D eigenvalue weighted by molar-refractivity contribution is -0.137. The molecule has 3 aromatic rings. The maximum absolute atomic E-state index is 13.4. The molecule has 0 spiro atoms. The number of benzene rings is 2. The van der Waals surface area contributed by atoms with Crippen LogP contribution in [-0.2, 0) is 16.4 Å². The molecule has 0 bridgehead atoms. The van der Waals surface area contributed by atoms with Crippen molar-refractivity contribution in [2.45, 2.75) is 46.2 Å². The summed E-state index contributed by atoms with van der Waals surface area (Å²) in [4.78, 5) is 27.3. The van der Waals surface area contributed by atoms with Crippen LogP contribution in [0.15, 0.2) is 54.6 Å². The fourth-order valence-corrected chi connectivity index (χ4v) is 3.91. The van der Waals surface area contributed by atoms with Gasteiger partial charge in [0.1, 0.15) is 12.4 Å². The predicted molar refractivity (Wildman–Crippen MR) is 143 cm³/mol. The van der Waals surface area contributed by atoms with Crippen molar-refractivity contribution in [3.63, 3.8) is 0 Å². The summed E-state index contributed by atoms with van der Waals surface area (Å²) >= 11 is 6.38. The smallest absolute Gasteiger partial charge is 0.315 e. The second-order valence-corrected chi connectivity index (χ2v) is 10.7. The largest absolute Gasteiger partial charge is 0.418 e. The number of rotatable bonds is 7. The molecule has 0 unspecified atom stereocenters. The molecule has 0 aliphatic carbocycles. The molecule has 0 fully saturated rings. The normalized spacial score (nSPS) is 11.9. The average molecular weight is 550 g/mol. The highest BCUT2D eigenvalue weighted by Crippen LogP contribution is 2.35. The zero-order valence-electron chi connectivity index (χ0n) is 21.9. The van der Waals surface area contributed by atoms with E-state index in [4.69, 9.17) is 11.6 Å². The lowest BCUT2D eigenvalue weighted by atomic mass is 9.92. The number of hydrogen-bond acceptors (Lipinski definition) is 3. The minimum Gasteiger partial charge on any atom is -0.315 e. The van der Waals surface area contributed by atoms with Gasteiger partial charge in [-0.1, -0.05) is 70.5 Å². The van der Waals surface area contributed by atoms with Crippen LogP contribution in [0.3, 0.4) is 0 Å². The van der Waals surface area contributed by atoms with Gasteiger partial charge >= 0.3 is 12.2 Å². The van der Waals surface area contributed by atoms with Crippen LogP contribution >= 0.6 is 11.6 Å². The number of carbonyl (C=O) groups excluding carboxylic acids is 2. The summed E-state index contributed by atoms with van der Waals surface area (Å²) in [6, 6.07) is 12.6. The Labute approximate surface area is 225 Å². The molecule has 1 heterocycles. The van der Waals surface area contributed by atoms with Crippen molar-refractivity contribution in [1.82, 2.24) is 14.7 Å². The first kappa shape index (κ1) is 29.0. The molecule has 204 valence electrons. The van der Waals surface area contributed by atoms with Gasteiger partial charge in [-0.05, 0) is 30.2 Å². The minimum atomic E-state index is -4.65. The molecule has 38 heavy (non-hydrogen) atoms. The van der Waals surface area contributed by atoms with Crippen molar-refractivity contribution in [3.8, 4) is 5.69 Å². The SMILES string of the molecule is CC(C)CN(CC(=O)Nc1cc(C(C)(C)C)nn1-c1ccccc1Cl)C(=O)Nc1ccccc1C(F)(F)F. The number of hydrogen-bond donors (Lipinski definition) is 2. The molecular weight excluding hydrogens is 519 g/mol. The highest BCUT2D eigenvalue weighted by molar-refractivity contribution is 6.32. The van der Waals surface area contributed by atoms with Crippen molar-refractivity contribution in [3.05, 3.63) is 70.9 Å². The number of nitrogens with one attached hydrogen (secondary N) is 2. The molecule has 2 N–H and O–H groups in total. The van der Waals surface area contributed by atoms with E-state index in [0.29, 0.717) is 22.2 Å². The average Bonchev–Trinajstić information content (AvgIpc) is 3.22. The Morgan fingerprint density at radius 2 is 1.66 bits per heavy atom. The van der Waals surface area contributed by atoms with Gasteiger partial charge in [0.05, 0.1) is 27.7 Å². The van der Waals surface area contributed by atoms with Crippen LogP contribution in [0.4, 0.5) is 29.5 Å². The van der Waals surface area contributed by atoms with Gasteiger partial charge in [-0.15, -0.1) is 0 Å². The van der Waals surface area contributed by atoms with Gasteiger partial charge in [0, 0.05) is 18.0 Å². The molecule has 3 rings (SSSR count). The van der Waals surface area contributed by atoms with E-state index in [9.17, 15) is 22.8 Å². The van der Waals surface area contributed by atoms with Gasteiger partial charge in [0.2, 0.25) is 5.91 Å². The number of carbonyl (C=O) groups is 2. The number of alkyl halides is 3. The fourth-order valence-electron chi connectivity index (χ4n) is 3.69. The first-order chi connectivity index (χ1) is 17.7. The standard InChI is InChI=1S/C27H31ClF3N5O2/c1-17(2)15-35(25(38)32-20-12-8-6-10-18(20)27(29,30)31)16-24(37)33-23-14-22(26(3,4)5)34-36(23)21-13-9-7-11-19(21)28/h6-14,17H,15-16H2,1-5H3,(H,32,38)(H,33,37). The van der Waals surface area contributed by atoms with E-state index in [2.05, 4.69) is 15.7 Å². The predicted octanol–water partition coefficient (Wildman–Crippen LogP) is 6.97. The lowest BCUT2D eigenvalue weighted by Crippen LogP contribution is -2.43. The topological polar surface area (TPSA) is 79.3 Å². The summed E-state index contributed by atoms with van der Waals surface area (Å²) in [6.07, 6.45) is -4.65. The number of amides is 3. The summed E-state index contributed by atoms with van der Waals surface area (Å²) in [5.74, 6) is -0.244. The van der Waals surface area contributed by atoms with E-state index < -0.39 is 30.2 Å². The third kappa shape index (κ3) is 7.28. The van der Waals surface area contributed by atoms with Gasteiger partial charge in [-0.3, -0.25) is 4.79 Å². The van der Waals surface area contributed by atoms with E-state index in [1.807, 2.05) is 34.6 Å². The number of anilines is 2. The maximum atomic E-state index is 13.4. The quantitative estimate of drug-likeness (QED) is 0.334. The monoisotopic (exact) mass is 549 g/mol. The van der Waals surface area contributed by atoms with Crippen molar-refractivity contribution >= 4 is 35.0 Å². The zero-order valence-corrected chi connectivity index (χ0v) is 22.6. The molecule has 1 aromatic heterocycles. The van der Waals surface area contributed by atoms with E-state index in [-0.39, 0.29) is 23.6 Å². The van der Waals surface area contributed by atoms with Crippen molar-refractivity contribution < 1.29 is 22.8 Å². The van der Waals surface area contributed by atoms with Gasteiger partial charge in [0.25, 0.3) is 0 Å². The first-order valence-electron chi connectivity index (χ1n) is 12.0. The Balaban J connectivity index is 1.86. The van der Waals surface area contributed by atoms with Gasteiger partial charge < -0.3 is 15.5 Å². The zero-order chi connectivity index (χ0) is 28.3. The summed E-state index contributed by atoms with van der Waals surface area (Å²) < 4.78 is 41.7. The van der Waals surface area contributed by atoms with E-state index in [1.54, 1.807) is 30.3 Å². The van der Waals surface area contributed by atoms with Crippen LogP contribution in [0.1, 0.15) is 45.9 Å². The van der Waals surface area contributed by atoms with Crippen LogP contribution in [0.25, 0.3) is 5.69 Å². The number of halogens is 4. The Hall–Kier alpha value is -3.53. The van der Waals surface area contributed by atoms with E-state index in [0.717, 1.165) is 6.07 Å². The minimum absolute atomic E-state index is 0.0486. The molecule has 0 saturated heterocycles. The number of para-hydroxylation sites is 2. The van der Waals surface area contributed by atoms with Crippen LogP contribution in [0, 0.1) is 5.92 Å². The van der Waals surface area contributed by atoms with E-state index in [1.165, 1.54) is 27.8 Å². The third-order valence-electron chi connectivity index (χ3n) is 5.51. The molecule has 3 amide bonds. The van der Waals surface area contributed by atoms with E-state index >= 15 is 0 Å². The van der Waals surface area contributed by atoms with Crippen LogP contribution in [0.5, 0.6) is 0 Å². The van der Waals surface area contributed by atoms with Crippen molar-refractivity contribution in [2.75, 3.05) is 23.7 Å². The number of urea groups is 1. The fraction of sp³-hybridized carbons (Fsp3) is 0.370. The Kier molecular flexibility index (Phi) is 8.76. The highest BCUT2D eigenvalue weighted by atomic mass is 35.5. The molecule has 0 saturated carbocycles. The molecule has 0 aliphatic heterocycles. The summed E-state index contributed by atoms with van der Waals surface area (Å²) in [7, 11) is 0. The Morgan fingerprint density at radius 1 is 1.03 bits per heavy atom. The molecule has 11 heteroatoms. The second-order valence-electron chi connectivity index (χ2n) is 10.3. The van der Waals surface area contributed by atoms with Crippen LogP contribution in [0.2, 0.25) is 5.02 Å². The Morgan fingerprint density at radius 3 is 2.26 bits per heavy atom. The summed E-state index contributed by atoms with van der Waals surface area (Å²) in [5, 5.41) is 10.2. The molecule has 0 atom stereocenters. The molecule has 0 radical (unpaired) electrons. The second kappa shape index (κ2) is 11.5. The third-order valence-corrected chi connectivity index (χ3v) is 5.83. The molecule has 2 aromatic carbocycles. The van der Waals surface area contributed by atoms with Crippen LogP contribution < -0.4 is 10.6 Å². The van der Waals surface area contributed by atoms with Crippen molar-refractivity contribution in [1.29, 1.82) is 0 Å². The van der Waals surface area contributed by atoms with Gasteiger partial charge in [-0.2, -0.15) is 18.3 Å². The highest BCUT2D eigenvalue weighted by Gasteiger charge is 2.34. The summed E-state index contributed by atoms with van der Waals surface area (Å²) in [5.41, 5.74) is -0.429. The molecule has 7 nitrogen and oxygen atoms in total. The molecule has 0 aliphatic rings. The maximum Gasteiger partial charge on any atom is 0.418 e. The molecular formula is C27H31ClF3N5O2. The Bertz CT molecular complexity index is 1300.